The van der Waals surface area contributed by atoms with E-state index in [2.05, 4.69) is 48.3 Å². The monoisotopic (exact) mass is 344 g/mol. The molecule has 2 heterocycles. The Bertz CT molecular complexity index is 732. The molecule has 1 amide bonds. The van der Waals surface area contributed by atoms with Gasteiger partial charge in [-0.2, -0.15) is 0 Å². The van der Waals surface area contributed by atoms with Crippen LogP contribution in [0.4, 0.5) is 0 Å². The van der Waals surface area contributed by atoms with Crippen molar-refractivity contribution in [1.29, 1.82) is 0 Å². The quantitative estimate of drug-likeness (QED) is 0.840. The van der Waals surface area contributed by atoms with Gasteiger partial charge in [0.25, 0.3) is 0 Å². The molecule has 3 rings (SSSR count). The molecule has 5 nitrogen and oxygen atoms in total. The first-order chi connectivity index (χ1) is 12.0. The molecule has 5 heteroatoms. The predicted molar refractivity (Wildman–Crippen MR) is 98.8 cm³/mol. The van der Waals surface area contributed by atoms with E-state index < -0.39 is 6.10 Å². The first kappa shape index (κ1) is 18.0. The third kappa shape index (κ3) is 4.41. The summed E-state index contributed by atoms with van der Waals surface area (Å²) in [4.78, 5) is 12.2. The second-order valence-electron chi connectivity index (χ2n) is 6.94. The van der Waals surface area contributed by atoms with E-state index in [1.807, 2.05) is 0 Å². The number of aryl methyl sites for hydroxylation is 2. The number of benzene rings is 1. The van der Waals surface area contributed by atoms with E-state index in [4.69, 9.17) is 9.47 Å². The Labute approximate surface area is 149 Å². The third-order valence-corrected chi connectivity index (χ3v) is 4.85. The van der Waals surface area contributed by atoms with Gasteiger partial charge in [-0.1, -0.05) is 12.1 Å². The van der Waals surface area contributed by atoms with Crippen LogP contribution in [0.25, 0.3) is 10.9 Å². The average molecular weight is 344 g/mol. The van der Waals surface area contributed by atoms with Gasteiger partial charge in [0, 0.05) is 37.3 Å². The van der Waals surface area contributed by atoms with Gasteiger partial charge in [-0.25, -0.2) is 0 Å². The molecule has 1 aromatic heterocycles. The fourth-order valence-corrected chi connectivity index (χ4v) is 3.34. The summed E-state index contributed by atoms with van der Waals surface area (Å²) in [6.07, 6.45) is 4.76. The van der Waals surface area contributed by atoms with E-state index >= 15 is 0 Å². The highest BCUT2D eigenvalue weighted by atomic mass is 16.5. The lowest BCUT2D eigenvalue weighted by molar-refractivity contribution is -0.133. The van der Waals surface area contributed by atoms with Crippen molar-refractivity contribution in [3.05, 3.63) is 35.5 Å². The van der Waals surface area contributed by atoms with Crippen LogP contribution in [0.2, 0.25) is 0 Å². The minimum Gasteiger partial charge on any atom is -0.376 e. The maximum absolute atomic E-state index is 12.2. The molecule has 0 spiro atoms. The second kappa shape index (κ2) is 8.02. The van der Waals surface area contributed by atoms with Crippen LogP contribution in [0.1, 0.15) is 30.9 Å². The Morgan fingerprint density at radius 2 is 2.32 bits per heavy atom. The van der Waals surface area contributed by atoms with Crippen molar-refractivity contribution >= 4 is 16.8 Å². The number of carbonyl (C=O) groups is 1. The molecule has 1 aromatic carbocycles. The van der Waals surface area contributed by atoms with Gasteiger partial charge in [-0.05, 0) is 50.3 Å². The number of fused-ring (bicyclic) bond motifs is 1. The van der Waals surface area contributed by atoms with E-state index in [0.717, 1.165) is 25.9 Å². The molecule has 25 heavy (non-hydrogen) atoms. The number of aromatic nitrogens is 1. The summed E-state index contributed by atoms with van der Waals surface area (Å²) in [5.74, 6) is -0.0610. The molecule has 2 aromatic rings. The lowest BCUT2D eigenvalue weighted by Crippen LogP contribution is -2.37. The van der Waals surface area contributed by atoms with Gasteiger partial charge in [0.2, 0.25) is 5.91 Å². The number of nitrogens with one attached hydrogen (secondary N) is 1. The van der Waals surface area contributed by atoms with Crippen LogP contribution in [-0.4, -0.2) is 42.4 Å². The number of hydrogen-bond acceptors (Lipinski definition) is 3. The molecule has 1 saturated heterocycles. The lowest BCUT2D eigenvalue weighted by atomic mass is 10.1. The molecule has 2 atom stereocenters. The van der Waals surface area contributed by atoms with Crippen LogP contribution in [0.15, 0.2) is 24.4 Å². The van der Waals surface area contributed by atoms with Gasteiger partial charge < -0.3 is 19.4 Å². The van der Waals surface area contributed by atoms with Crippen LogP contribution >= 0.6 is 0 Å². The maximum atomic E-state index is 12.2. The Hall–Kier alpha value is -1.85. The molecule has 136 valence electrons. The number of nitrogens with zero attached hydrogens (tertiary/aromatic N) is 1. The molecule has 1 fully saturated rings. The predicted octanol–water partition coefficient (Wildman–Crippen LogP) is 2.73. The van der Waals surface area contributed by atoms with Crippen LogP contribution in [-0.2, 0) is 27.7 Å². The number of hydrogen-bond donors (Lipinski definition) is 1. The Balaban J connectivity index is 1.48. The van der Waals surface area contributed by atoms with Gasteiger partial charge in [0.05, 0.1) is 12.7 Å². The minimum atomic E-state index is -0.445. The zero-order valence-corrected chi connectivity index (χ0v) is 15.4. The Kier molecular flexibility index (Phi) is 5.76. The number of rotatable bonds is 7. The normalized spacial score (nSPS) is 18.6. The SMILES string of the molecule is Cc1ccc2c(CCNC(=O)[C@@H](C)OC[C@@H]3CCCO3)cn(C)c2c1. The number of amides is 1. The van der Waals surface area contributed by atoms with Gasteiger partial charge in [0.1, 0.15) is 6.10 Å². The fraction of sp³-hybridized carbons (Fsp3) is 0.550. The molecule has 0 saturated carbocycles. The highest BCUT2D eigenvalue weighted by molar-refractivity contribution is 5.85. The molecule has 0 bridgehead atoms. The Morgan fingerprint density at radius 1 is 1.48 bits per heavy atom. The fourth-order valence-electron chi connectivity index (χ4n) is 3.34. The zero-order chi connectivity index (χ0) is 17.8. The summed E-state index contributed by atoms with van der Waals surface area (Å²) < 4.78 is 13.3. The van der Waals surface area contributed by atoms with Crippen LogP contribution < -0.4 is 5.32 Å². The Morgan fingerprint density at radius 3 is 3.08 bits per heavy atom. The summed E-state index contributed by atoms with van der Waals surface area (Å²) in [6.45, 7) is 5.81. The number of carbonyl (C=O) groups excluding carboxylic acids is 1. The summed E-state index contributed by atoms with van der Waals surface area (Å²) >= 11 is 0. The van der Waals surface area contributed by atoms with Crippen LogP contribution in [0, 0.1) is 6.92 Å². The van der Waals surface area contributed by atoms with E-state index in [9.17, 15) is 4.79 Å². The van der Waals surface area contributed by atoms with Crippen molar-refractivity contribution in [2.24, 2.45) is 7.05 Å². The van der Waals surface area contributed by atoms with E-state index in [1.165, 1.54) is 22.0 Å². The van der Waals surface area contributed by atoms with Crippen molar-refractivity contribution in [2.75, 3.05) is 19.8 Å². The highest BCUT2D eigenvalue weighted by Gasteiger charge is 2.19. The van der Waals surface area contributed by atoms with Gasteiger partial charge in [0.15, 0.2) is 0 Å². The lowest BCUT2D eigenvalue weighted by Gasteiger charge is -2.16. The molecular formula is C20H28N2O3. The molecule has 0 radical (unpaired) electrons. The van der Waals surface area contributed by atoms with E-state index in [-0.39, 0.29) is 12.0 Å². The first-order valence-electron chi connectivity index (χ1n) is 9.10. The summed E-state index contributed by atoms with van der Waals surface area (Å²) in [5, 5.41) is 4.23. The van der Waals surface area contributed by atoms with Crippen molar-refractivity contribution in [3.63, 3.8) is 0 Å². The molecule has 0 aliphatic carbocycles. The number of ether oxygens (including phenoxy) is 2. The van der Waals surface area contributed by atoms with Crippen molar-refractivity contribution in [3.8, 4) is 0 Å². The van der Waals surface area contributed by atoms with Crippen LogP contribution in [0.3, 0.4) is 0 Å². The third-order valence-electron chi connectivity index (χ3n) is 4.85. The minimum absolute atomic E-state index is 0.0610. The van der Waals surface area contributed by atoms with Crippen molar-refractivity contribution < 1.29 is 14.3 Å². The van der Waals surface area contributed by atoms with Crippen LogP contribution in [0.5, 0.6) is 0 Å². The molecule has 1 aliphatic heterocycles. The summed E-state index contributed by atoms with van der Waals surface area (Å²) in [6, 6.07) is 6.49. The van der Waals surface area contributed by atoms with Gasteiger partial charge >= 0.3 is 0 Å². The second-order valence-corrected chi connectivity index (χ2v) is 6.94. The van der Waals surface area contributed by atoms with Gasteiger partial charge in [-0.3, -0.25) is 4.79 Å². The van der Waals surface area contributed by atoms with E-state index in [0.29, 0.717) is 13.2 Å². The molecule has 1 aliphatic rings. The van der Waals surface area contributed by atoms with Gasteiger partial charge in [-0.15, -0.1) is 0 Å². The average Bonchev–Trinajstić information content (AvgIpc) is 3.21. The standard InChI is InChI=1S/C20H28N2O3/c1-14-6-7-18-16(12-22(3)19(18)11-14)8-9-21-20(23)15(2)25-13-17-5-4-10-24-17/h6-7,11-12,15,17H,4-5,8-10,13H2,1-3H3,(H,21,23)/t15-,17+/m1/s1. The first-order valence-corrected chi connectivity index (χ1v) is 9.10. The zero-order valence-electron chi connectivity index (χ0n) is 15.4. The van der Waals surface area contributed by atoms with Crippen molar-refractivity contribution in [2.45, 2.75) is 45.3 Å². The smallest absolute Gasteiger partial charge is 0.248 e. The topological polar surface area (TPSA) is 52.5 Å². The van der Waals surface area contributed by atoms with E-state index in [1.54, 1.807) is 6.92 Å². The molecular weight excluding hydrogens is 316 g/mol. The van der Waals surface area contributed by atoms with Crippen molar-refractivity contribution in [1.82, 2.24) is 9.88 Å². The summed E-state index contributed by atoms with van der Waals surface area (Å²) in [5.41, 5.74) is 3.74. The largest absolute Gasteiger partial charge is 0.376 e. The molecule has 0 unspecified atom stereocenters. The summed E-state index contributed by atoms with van der Waals surface area (Å²) in [7, 11) is 2.06. The molecule has 1 N–H and O–H groups in total. The highest BCUT2D eigenvalue weighted by Crippen LogP contribution is 2.22. The maximum Gasteiger partial charge on any atom is 0.248 e.